The Morgan fingerprint density at radius 1 is 1.19 bits per heavy atom. The summed E-state index contributed by atoms with van der Waals surface area (Å²) in [6, 6.07) is 2.75. The molecule has 3 aromatic heterocycles. The first-order valence-electron chi connectivity index (χ1n) is 10.0. The third-order valence-electron chi connectivity index (χ3n) is 6.44. The van der Waals surface area contributed by atoms with Gasteiger partial charge in [-0.3, -0.25) is 9.58 Å². The summed E-state index contributed by atoms with van der Waals surface area (Å²) in [5, 5.41) is 5.56. The van der Waals surface area contributed by atoms with Gasteiger partial charge in [-0.1, -0.05) is 0 Å². The lowest BCUT2D eigenvalue weighted by atomic mass is 9.80. The smallest absolute Gasteiger partial charge is 0.138 e. The molecule has 5 rings (SSSR count). The fourth-order valence-electron chi connectivity index (χ4n) is 5.04. The van der Waals surface area contributed by atoms with E-state index in [9.17, 15) is 4.39 Å². The molecule has 0 amide bonds. The Morgan fingerprint density at radius 3 is 2.74 bits per heavy atom. The summed E-state index contributed by atoms with van der Waals surface area (Å²) in [5.74, 6) is 0.543. The first kappa shape index (κ1) is 16.9. The van der Waals surface area contributed by atoms with E-state index in [1.165, 1.54) is 16.5 Å². The van der Waals surface area contributed by atoms with Crippen LogP contribution in [-0.4, -0.2) is 50.0 Å². The largest absolute Gasteiger partial charge is 0.346 e. The molecule has 5 nitrogen and oxygen atoms in total. The van der Waals surface area contributed by atoms with Gasteiger partial charge in [-0.05, 0) is 49.7 Å². The van der Waals surface area contributed by atoms with Gasteiger partial charge in [0.15, 0.2) is 0 Å². The second kappa shape index (κ2) is 6.75. The third kappa shape index (κ3) is 3.06. The molecule has 1 atom stereocenters. The molecule has 0 spiro atoms. The molecule has 1 N–H and O–H groups in total. The summed E-state index contributed by atoms with van der Waals surface area (Å²) in [6.45, 7) is 1.57. The first-order chi connectivity index (χ1) is 13.2. The molecule has 2 aliphatic rings. The maximum Gasteiger partial charge on any atom is 0.138 e. The first-order valence-corrected chi connectivity index (χ1v) is 10.0. The van der Waals surface area contributed by atoms with Crippen LogP contribution < -0.4 is 0 Å². The maximum absolute atomic E-state index is 13.6. The molecule has 1 saturated carbocycles. The third-order valence-corrected chi connectivity index (χ3v) is 6.44. The highest BCUT2D eigenvalue weighted by atomic mass is 19.1. The standard InChI is InChI=1S/C21H26FN5/c1-26-12-15(10-25-26)19-11-24-21-20(19)18(6-8-23-21)14-2-4-17(5-3-14)27-9-7-16(22)13-27/h6,8,10-12,14,16-17H,2-5,7,9,13H2,1H3,(H,23,24)/t14-,16-,17-/m1/s1. The number of nitrogens with zero attached hydrogens (tertiary/aromatic N) is 4. The predicted octanol–water partition coefficient (Wildman–Crippen LogP) is 4.03. The number of likely N-dealkylation sites (tertiary alicyclic amines) is 1. The number of aryl methyl sites for hydroxylation is 1. The highest BCUT2D eigenvalue weighted by Crippen LogP contribution is 2.41. The number of hydrogen-bond acceptors (Lipinski definition) is 3. The fraction of sp³-hybridized carbons (Fsp3) is 0.524. The van der Waals surface area contributed by atoms with Crippen molar-refractivity contribution in [3.8, 4) is 11.1 Å². The molecule has 0 unspecified atom stereocenters. The quantitative estimate of drug-likeness (QED) is 0.760. The Balaban J connectivity index is 1.41. The number of hydrogen-bond donors (Lipinski definition) is 1. The predicted molar refractivity (Wildman–Crippen MR) is 104 cm³/mol. The summed E-state index contributed by atoms with van der Waals surface area (Å²) in [5.41, 5.74) is 4.65. The van der Waals surface area contributed by atoms with E-state index in [2.05, 4.69) is 38.4 Å². The topological polar surface area (TPSA) is 49.7 Å². The van der Waals surface area contributed by atoms with Crippen molar-refractivity contribution in [2.75, 3.05) is 13.1 Å². The Bertz CT molecular complexity index is 937. The van der Waals surface area contributed by atoms with E-state index in [0.717, 1.165) is 43.4 Å². The van der Waals surface area contributed by atoms with Crippen LogP contribution in [-0.2, 0) is 7.05 Å². The van der Waals surface area contributed by atoms with Crippen LogP contribution >= 0.6 is 0 Å². The summed E-state index contributed by atoms with van der Waals surface area (Å²) < 4.78 is 15.4. The molecule has 3 aromatic rings. The number of alkyl halides is 1. The number of halogens is 1. The van der Waals surface area contributed by atoms with Crippen LogP contribution in [0.5, 0.6) is 0 Å². The Labute approximate surface area is 158 Å². The monoisotopic (exact) mass is 367 g/mol. The molecule has 0 radical (unpaired) electrons. The summed E-state index contributed by atoms with van der Waals surface area (Å²) in [4.78, 5) is 10.3. The summed E-state index contributed by atoms with van der Waals surface area (Å²) in [7, 11) is 1.94. The zero-order valence-corrected chi connectivity index (χ0v) is 15.7. The Morgan fingerprint density at radius 2 is 2.04 bits per heavy atom. The average molecular weight is 367 g/mol. The minimum Gasteiger partial charge on any atom is -0.346 e. The molecule has 0 bridgehead atoms. The van der Waals surface area contributed by atoms with E-state index in [1.54, 1.807) is 0 Å². The number of H-pyrrole nitrogens is 1. The maximum atomic E-state index is 13.6. The van der Waals surface area contributed by atoms with Crippen molar-refractivity contribution >= 4 is 11.0 Å². The van der Waals surface area contributed by atoms with Crippen LogP contribution in [0.1, 0.15) is 43.6 Å². The number of fused-ring (bicyclic) bond motifs is 1. The van der Waals surface area contributed by atoms with Crippen molar-refractivity contribution in [2.45, 2.75) is 50.2 Å². The number of pyridine rings is 1. The van der Waals surface area contributed by atoms with Crippen molar-refractivity contribution in [3.05, 3.63) is 36.4 Å². The van der Waals surface area contributed by atoms with Crippen molar-refractivity contribution < 1.29 is 4.39 Å². The molecule has 1 saturated heterocycles. The zero-order chi connectivity index (χ0) is 18.4. The average Bonchev–Trinajstić information content (AvgIpc) is 3.41. The summed E-state index contributed by atoms with van der Waals surface area (Å²) >= 11 is 0. The number of aromatic nitrogens is 4. The van der Waals surface area contributed by atoms with Gasteiger partial charge in [0.1, 0.15) is 11.8 Å². The molecule has 0 aromatic carbocycles. The van der Waals surface area contributed by atoms with E-state index in [-0.39, 0.29) is 0 Å². The molecule has 142 valence electrons. The van der Waals surface area contributed by atoms with Gasteiger partial charge >= 0.3 is 0 Å². The van der Waals surface area contributed by atoms with E-state index in [0.29, 0.717) is 24.9 Å². The second-order valence-electron chi connectivity index (χ2n) is 8.12. The Kier molecular flexibility index (Phi) is 4.23. The lowest BCUT2D eigenvalue weighted by molar-refractivity contribution is 0.170. The van der Waals surface area contributed by atoms with Crippen molar-refractivity contribution in [1.82, 2.24) is 24.6 Å². The molecule has 1 aliphatic heterocycles. The van der Waals surface area contributed by atoms with Gasteiger partial charge in [-0.15, -0.1) is 0 Å². The number of rotatable bonds is 3. The van der Waals surface area contributed by atoms with Crippen molar-refractivity contribution in [3.63, 3.8) is 0 Å². The molecular formula is C21H26FN5. The van der Waals surface area contributed by atoms with Gasteiger partial charge in [0, 0.05) is 61.3 Å². The van der Waals surface area contributed by atoms with Crippen molar-refractivity contribution in [1.29, 1.82) is 0 Å². The highest BCUT2D eigenvalue weighted by molar-refractivity contribution is 5.96. The molecule has 4 heterocycles. The lowest BCUT2D eigenvalue weighted by Crippen LogP contribution is -2.36. The van der Waals surface area contributed by atoms with Crippen LogP contribution in [0.2, 0.25) is 0 Å². The highest BCUT2D eigenvalue weighted by Gasteiger charge is 2.32. The second-order valence-corrected chi connectivity index (χ2v) is 8.12. The van der Waals surface area contributed by atoms with Gasteiger partial charge in [0.25, 0.3) is 0 Å². The molecule has 6 heteroatoms. The van der Waals surface area contributed by atoms with Crippen LogP contribution in [0.25, 0.3) is 22.2 Å². The molecule has 27 heavy (non-hydrogen) atoms. The van der Waals surface area contributed by atoms with Crippen LogP contribution in [0.3, 0.4) is 0 Å². The van der Waals surface area contributed by atoms with Gasteiger partial charge in [-0.2, -0.15) is 5.10 Å². The van der Waals surface area contributed by atoms with Crippen LogP contribution in [0.4, 0.5) is 4.39 Å². The normalized spacial score (nSPS) is 26.8. The van der Waals surface area contributed by atoms with Gasteiger partial charge in [0.2, 0.25) is 0 Å². The molecule has 2 fully saturated rings. The van der Waals surface area contributed by atoms with E-state index >= 15 is 0 Å². The SMILES string of the molecule is Cn1cc(-c2c[nH]c3nccc([C@H]4CC[C@H](N5CC[C@@H](F)C5)CC4)c23)cn1. The number of aromatic amines is 1. The minimum atomic E-state index is -0.621. The number of nitrogens with one attached hydrogen (secondary N) is 1. The molecule has 1 aliphatic carbocycles. The zero-order valence-electron chi connectivity index (χ0n) is 15.7. The van der Waals surface area contributed by atoms with E-state index in [1.807, 2.05) is 24.1 Å². The van der Waals surface area contributed by atoms with Gasteiger partial charge < -0.3 is 4.98 Å². The Hall–Kier alpha value is -2.21. The van der Waals surface area contributed by atoms with Gasteiger partial charge in [0.05, 0.1) is 6.20 Å². The van der Waals surface area contributed by atoms with Gasteiger partial charge in [-0.25, -0.2) is 9.37 Å². The minimum absolute atomic E-state index is 0.543. The van der Waals surface area contributed by atoms with Crippen LogP contribution in [0, 0.1) is 0 Å². The summed E-state index contributed by atoms with van der Waals surface area (Å²) in [6.07, 6.45) is 12.7. The van der Waals surface area contributed by atoms with Crippen molar-refractivity contribution in [2.24, 2.45) is 7.05 Å². The van der Waals surface area contributed by atoms with E-state index in [4.69, 9.17) is 0 Å². The molecular weight excluding hydrogens is 341 g/mol. The fourth-order valence-corrected chi connectivity index (χ4v) is 5.04. The lowest BCUT2D eigenvalue weighted by Gasteiger charge is -2.34. The van der Waals surface area contributed by atoms with E-state index < -0.39 is 6.17 Å². The van der Waals surface area contributed by atoms with Crippen LogP contribution in [0.15, 0.2) is 30.9 Å².